The molecule has 1 heterocycles. The Hall–Kier alpha value is -1.55. The lowest BCUT2D eigenvalue weighted by Gasteiger charge is -2.27. The third-order valence-electron chi connectivity index (χ3n) is 3.19. The number of furan rings is 1. The first-order valence-electron chi connectivity index (χ1n) is 5.89. The van der Waals surface area contributed by atoms with Crippen LogP contribution < -0.4 is 5.32 Å². The first-order valence-corrected chi connectivity index (χ1v) is 5.89. The summed E-state index contributed by atoms with van der Waals surface area (Å²) in [5, 5.41) is 12.2. The van der Waals surface area contributed by atoms with Gasteiger partial charge in [0.2, 0.25) is 5.91 Å². The van der Waals surface area contributed by atoms with Crippen molar-refractivity contribution in [2.45, 2.75) is 31.2 Å². The van der Waals surface area contributed by atoms with E-state index in [-0.39, 0.29) is 12.5 Å². The summed E-state index contributed by atoms with van der Waals surface area (Å²) in [6.45, 7) is 0.00727. The summed E-state index contributed by atoms with van der Waals surface area (Å²) in [4.78, 5) is 11.7. The fourth-order valence-corrected chi connectivity index (χ4v) is 2.22. The highest BCUT2D eigenvalue weighted by Crippen LogP contribution is 2.28. The zero-order valence-electron chi connectivity index (χ0n) is 9.69. The van der Waals surface area contributed by atoms with Crippen LogP contribution in [0.15, 0.2) is 28.9 Å². The number of aliphatic hydroxyl groups is 1. The molecule has 1 fully saturated rings. The van der Waals surface area contributed by atoms with E-state index in [2.05, 4.69) is 5.32 Å². The molecule has 1 aliphatic rings. The molecule has 0 unspecified atom stereocenters. The van der Waals surface area contributed by atoms with Gasteiger partial charge >= 0.3 is 0 Å². The number of hydrogen-bond donors (Lipinski definition) is 2. The van der Waals surface area contributed by atoms with Gasteiger partial charge in [0.25, 0.3) is 0 Å². The van der Waals surface area contributed by atoms with Crippen molar-refractivity contribution in [1.82, 2.24) is 5.32 Å². The predicted octanol–water partition coefficient (Wildman–Crippen LogP) is 1.71. The minimum atomic E-state index is -0.412. The van der Waals surface area contributed by atoms with E-state index < -0.39 is 5.54 Å². The van der Waals surface area contributed by atoms with Gasteiger partial charge in [-0.2, -0.15) is 0 Å². The first kappa shape index (κ1) is 11.9. The molecule has 4 nitrogen and oxygen atoms in total. The van der Waals surface area contributed by atoms with Gasteiger partial charge in [0.1, 0.15) is 5.76 Å². The van der Waals surface area contributed by atoms with Gasteiger partial charge in [0.15, 0.2) is 0 Å². The fraction of sp³-hybridized carbons (Fsp3) is 0.462. The van der Waals surface area contributed by atoms with Crippen LogP contribution in [0, 0.1) is 0 Å². The number of rotatable bonds is 4. The second-order valence-corrected chi connectivity index (χ2v) is 4.48. The number of aliphatic hydroxyl groups excluding tert-OH is 1. The van der Waals surface area contributed by atoms with Crippen LogP contribution in [0.25, 0.3) is 6.08 Å². The molecule has 92 valence electrons. The first-order chi connectivity index (χ1) is 8.24. The Bertz CT molecular complexity index is 389. The van der Waals surface area contributed by atoms with Gasteiger partial charge < -0.3 is 14.8 Å². The summed E-state index contributed by atoms with van der Waals surface area (Å²) in [7, 11) is 0. The van der Waals surface area contributed by atoms with E-state index in [1.807, 2.05) is 0 Å². The predicted molar refractivity (Wildman–Crippen MR) is 64.2 cm³/mol. The van der Waals surface area contributed by atoms with Crippen LogP contribution in [0.5, 0.6) is 0 Å². The maximum absolute atomic E-state index is 11.7. The Morgan fingerprint density at radius 1 is 1.53 bits per heavy atom. The monoisotopic (exact) mass is 235 g/mol. The zero-order valence-corrected chi connectivity index (χ0v) is 9.69. The molecular weight excluding hydrogens is 218 g/mol. The molecule has 1 aromatic rings. The van der Waals surface area contributed by atoms with Crippen LogP contribution in [0.4, 0.5) is 0 Å². The quantitative estimate of drug-likeness (QED) is 0.781. The van der Waals surface area contributed by atoms with Crippen molar-refractivity contribution in [2.24, 2.45) is 0 Å². The standard InChI is InChI=1S/C13H17NO3/c15-10-13(7-1-2-8-13)14-12(16)6-5-11-4-3-9-17-11/h3-6,9,15H,1-2,7-8,10H2,(H,14,16). The summed E-state index contributed by atoms with van der Waals surface area (Å²) in [5.41, 5.74) is -0.412. The Morgan fingerprint density at radius 2 is 2.29 bits per heavy atom. The molecule has 1 aliphatic carbocycles. The van der Waals surface area contributed by atoms with Crippen molar-refractivity contribution in [3.8, 4) is 0 Å². The second kappa shape index (κ2) is 5.19. The zero-order chi connectivity index (χ0) is 12.1. The molecule has 17 heavy (non-hydrogen) atoms. The summed E-state index contributed by atoms with van der Waals surface area (Å²) >= 11 is 0. The molecule has 2 rings (SSSR count). The van der Waals surface area contributed by atoms with Crippen LogP contribution in [0.3, 0.4) is 0 Å². The molecule has 0 aliphatic heterocycles. The Kier molecular flexibility index (Phi) is 3.64. The van der Waals surface area contributed by atoms with E-state index in [9.17, 15) is 9.90 Å². The molecule has 1 amide bonds. The number of carbonyl (C=O) groups excluding carboxylic acids is 1. The van der Waals surface area contributed by atoms with Crippen LogP contribution in [0.1, 0.15) is 31.4 Å². The Labute approximate surface area is 100 Å². The van der Waals surface area contributed by atoms with E-state index in [1.54, 1.807) is 24.5 Å². The molecule has 0 bridgehead atoms. The van der Waals surface area contributed by atoms with E-state index in [0.717, 1.165) is 25.7 Å². The van der Waals surface area contributed by atoms with Gasteiger partial charge in [0.05, 0.1) is 18.4 Å². The van der Waals surface area contributed by atoms with Gasteiger partial charge in [-0.05, 0) is 31.1 Å². The number of carbonyl (C=O) groups is 1. The highest BCUT2D eigenvalue weighted by atomic mass is 16.3. The topological polar surface area (TPSA) is 62.5 Å². The van der Waals surface area contributed by atoms with E-state index in [4.69, 9.17) is 4.42 Å². The summed E-state index contributed by atoms with van der Waals surface area (Å²) < 4.78 is 5.09. The lowest BCUT2D eigenvalue weighted by atomic mass is 9.99. The van der Waals surface area contributed by atoms with Crippen molar-refractivity contribution in [2.75, 3.05) is 6.61 Å². The summed E-state index contributed by atoms with van der Waals surface area (Å²) in [6, 6.07) is 3.55. The van der Waals surface area contributed by atoms with E-state index in [1.165, 1.54) is 6.08 Å². The summed E-state index contributed by atoms with van der Waals surface area (Å²) in [5.74, 6) is 0.460. The SMILES string of the molecule is O=C(C=Cc1ccco1)NC1(CO)CCCC1. The van der Waals surface area contributed by atoms with Crippen molar-refractivity contribution >= 4 is 12.0 Å². The van der Waals surface area contributed by atoms with Gasteiger partial charge in [-0.15, -0.1) is 0 Å². The molecule has 0 spiro atoms. The average molecular weight is 235 g/mol. The van der Waals surface area contributed by atoms with Crippen molar-refractivity contribution in [3.05, 3.63) is 30.2 Å². The van der Waals surface area contributed by atoms with E-state index >= 15 is 0 Å². The molecule has 1 aromatic heterocycles. The minimum Gasteiger partial charge on any atom is -0.465 e. The minimum absolute atomic E-state index is 0.00727. The Morgan fingerprint density at radius 3 is 2.88 bits per heavy atom. The Balaban J connectivity index is 1.92. The number of hydrogen-bond acceptors (Lipinski definition) is 3. The lowest BCUT2D eigenvalue weighted by molar-refractivity contribution is -0.118. The van der Waals surface area contributed by atoms with Crippen molar-refractivity contribution in [1.29, 1.82) is 0 Å². The molecule has 0 saturated heterocycles. The second-order valence-electron chi connectivity index (χ2n) is 4.48. The number of nitrogens with one attached hydrogen (secondary N) is 1. The van der Waals surface area contributed by atoms with Gasteiger partial charge in [-0.25, -0.2) is 0 Å². The molecule has 2 N–H and O–H groups in total. The van der Waals surface area contributed by atoms with Crippen molar-refractivity contribution < 1.29 is 14.3 Å². The third-order valence-corrected chi connectivity index (χ3v) is 3.19. The van der Waals surface area contributed by atoms with Crippen LogP contribution in [-0.4, -0.2) is 23.2 Å². The molecular formula is C13H17NO3. The molecule has 1 saturated carbocycles. The molecule has 0 aromatic carbocycles. The van der Waals surface area contributed by atoms with Gasteiger partial charge in [0, 0.05) is 6.08 Å². The molecule has 0 atom stereocenters. The smallest absolute Gasteiger partial charge is 0.244 e. The fourth-order valence-electron chi connectivity index (χ4n) is 2.22. The number of amides is 1. The van der Waals surface area contributed by atoms with Gasteiger partial charge in [-0.1, -0.05) is 12.8 Å². The van der Waals surface area contributed by atoms with E-state index in [0.29, 0.717) is 5.76 Å². The van der Waals surface area contributed by atoms with Crippen LogP contribution >= 0.6 is 0 Å². The average Bonchev–Trinajstić information content (AvgIpc) is 2.98. The normalized spacial score (nSPS) is 18.6. The van der Waals surface area contributed by atoms with Crippen molar-refractivity contribution in [3.63, 3.8) is 0 Å². The van der Waals surface area contributed by atoms with Gasteiger partial charge in [-0.3, -0.25) is 4.79 Å². The summed E-state index contributed by atoms with van der Waals surface area (Å²) in [6.07, 6.45) is 8.44. The highest BCUT2D eigenvalue weighted by molar-refractivity contribution is 5.91. The third kappa shape index (κ3) is 2.97. The molecule has 4 heteroatoms. The van der Waals surface area contributed by atoms with Crippen LogP contribution in [0.2, 0.25) is 0 Å². The van der Waals surface area contributed by atoms with Crippen LogP contribution in [-0.2, 0) is 4.79 Å². The molecule has 0 radical (unpaired) electrons. The lowest BCUT2D eigenvalue weighted by Crippen LogP contribution is -2.48. The maximum atomic E-state index is 11.7. The largest absolute Gasteiger partial charge is 0.465 e. The highest BCUT2D eigenvalue weighted by Gasteiger charge is 2.33. The maximum Gasteiger partial charge on any atom is 0.244 e.